The Kier molecular flexibility index (Phi) is 5.34. The lowest BCUT2D eigenvalue weighted by Gasteiger charge is -2.11. The third-order valence-electron chi connectivity index (χ3n) is 4.31. The molecule has 0 aliphatic carbocycles. The molecule has 3 aromatic heterocycles. The van der Waals surface area contributed by atoms with Gasteiger partial charge in [-0.3, -0.25) is 9.59 Å². The van der Waals surface area contributed by atoms with Gasteiger partial charge in [0.2, 0.25) is 5.88 Å². The predicted molar refractivity (Wildman–Crippen MR) is 101 cm³/mol. The van der Waals surface area contributed by atoms with Gasteiger partial charge in [-0.25, -0.2) is 14.5 Å². The summed E-state index contributed by atoms with van der Waals surface area (Å²) in [4.78, 5) is 35.9. The van der Waals surface area contributed by atoms with E-state index in [1.807, 2.05) is 6.92 Å². The second-order valence-electron chi connectivity index (χ2n) is 6.37. The van der Waals surface area contributed by atoms with Gasteiger partial charge in [-0.15, -0.1) is 5.10 Å². The summed E-state index contributed by atoms with van der Waals surface area (Å²) in [5.74, 6) is 1.20. The molecule has 0 atom stereocenters. The highest BCUT2D eigenvalue weighted by atomic mass is 16.5. The van der Waals surface area contributed by atoms with Crippen molar-refractivity contribution in [3.63, 3.8) is 0 Å². The SMILES string of the molecule is CCCCOc1ncc(C(C)=O)cc1-c1nn2c(CC)nc(C)c2c(=O)[nH]1. The third-order valence-corrected chi connectivity index (χ3v) is 4.31. The van der Waals surface area contributed by atoms with E-state index in [4.69, 9.17) is 4.74 Å². The van der Waals surface area contributed by atoms with Gasteiger partial charge in [0.1, 0.15) is 5.82 Å². The minimum absolute atomic E-state index is 0.125. The third kappa shape index (κ3) is 3.60. The summed E-state index contributed by atoms with van der Waals surface area (Å²) in [5, 5.41) is 4.55. The summed E-state index contributed by atoms with van der Waals surface area (Å²) in [6.45, 7) is 7.76. The summed E-state index contributed by atoms with van der Waals surface area (Å²) in [6.07, 6.45) is 3.97. The number of hydrogen-bond acceptors (Lipinski definition) is 6. The first-order valence-electron chi connectivity index (χ1n) is 9.08. The van der Waals surface area contributed by atoms with E-state index in [0.717, 1.165) is 12.8 Å². The second-order valence-corrected chi connectivity index (χ2v) is 6.37. The largest absolute Gasteiger partial charge is 0.477 e. The van der Waals surface area contributed by atoms with Crippen LogP contribution in [0.15, 0.2) is 17.1 Å². The van der Waals surface area contributed by atoms with Gasteiger partial charge in [0.05, 0.1) is 17.9 Å². The molecule has 3 heterocycles. The zero-order valence-electron chi connectivity index (χ0n) is 16.0. The number of aryl methyl sites for hydroxylation is 2. The summed E-state index contributed by atoms with van der Waals surface area (Å²) in [7, 11) is 0. The molecule has 3 rings (SSSR count). The monoisotopic (exact) mass is 369 g/mol. The zero-order chi connectivity index (χ0) is 19.6. The van der Waals surface area contributed by atoms with Crippen molar-refractivity contribution in [3.05, 3.63) is 39.7 Å². The van der Waals surface area contributed by atoms with E-state index in [1.165, 1.54) is 13.1 Å². The number of Topliss-reactive ketones (excluding diaryl/α,β-unsaturated/α-hetero) is 1. The number of carbonyl (C=O) groups is 1. The molecule has 8 heteroatoms. The Labute approximate surface area is 156 Å². The van der Waals surface area contributed by atoms with Gasteiger partial charge in [-0.1, -0.05) is 20.3 Å². The van der Waals surface area contributed by atoms with Crippen molar-refractivity contribution < 1.29 is 9.53 Å². The Balaban J connectivity index is 2.20. The number of ether oxygens (including phenoxy) is 1. The average Bonchev–Trinajstić information content (AvgIpc) is 2.98. The van der Waals surface area contributed by atoms with Crippen molar-refractivity contribution in [2.75, 3.05) is 6.61 Å². The van der Waals surface area contributed by atoms with Crippen LogP contribution in [0.25, 0.3) is 16.9 Å². The number of fused-ring (bicyclic) bond motifs is 1. The number of nitrogens with zero attached hydrogens (tertiary/aromatic N) is 4. The fourth-order valence-electron chi connectivity index (χ4n) is 2.83. The number of aromatic nitrogens is 5. The number of nitrogens with one attached hydrogen (secondary N) is 1. The molecule has 3 aromatic rings. The Morgan fingerprint density at radius 3 is 2.78 bits per heavy atom. The van der Waals surface area contributed by atoms with Gasteiger partial charge >= 0.3 is 0 Å². The van der Waals surface area contributed by atoms with Crippen molar-refractivity contribution in [2.45, 2.75) is 47.0 Å². The minimum atomic E-state index is -0.294. The van der Waals surface area contributed by atoms with Crippen molar-refractivity contribution in [3.8, 4) is 17.3 Å². The maximum Gasteiger partial charge on any atom is 0.277 e. The van der Waals surface area contributed by atoms with Gasteiger partial charge in [0, 0.05) is 18.2 Å². The van der Waals surface area contributed by atoms with Crippen LogP contribution in [-0.4, -0.2) is 37.0 Å². The van der Waals surface area contributed by atoms with E-state index in [9.17, 15) is 9.59 Å². The zero-order valence-corrected chi connectivity index (χ0v) is 16.0. The van der Waals surface area contributed by atoms with Gasteiger partial charge in [0.25, 0.3) is 5.56 Å². The molecule has 27 heavy (non-hydrogen) atoms. The first kappa shape index (κ1) is 18.8. The molecule has 0 saturated heterocycles. The second kappa shape index (κ2) is 7.69. The van der Waals surface area contributed by atoms with E-state index in [1.54, 1.807) is 17.5 Å². The van der Waals surface area contributed by atoms with E-state index in [2.05, 4.69) is 27.0 Å². The number of imidazole rings is 1. The predicted octanol–water partition coefficient (Wildman–Crippen LogP) is 2.73. The number of rotatable bonds is 7. The summed E-state index contributed by atoms with van der Waals surface area (Å²) >= 11 is 0. The Bertz CT molecular complexity index is 1050. The average molecular weight is 369 g/mol. The summed E-state index contributed by atoms with van der Waals surface area (Å²) in [5.41, 5.74) is 1.65. The Morgan fingerprint density at radius 2 is 2.11 bits per heavy atom. The highest BCUT2D eigenvalue weighted by Gasteiger charge is 2.18. The Hall–Kier alpha value is -3.03. The fraction of sp³-hybridized carbons (Fsp3) is 0.421. The molecule has 0 saturated carbocycles. The molecule has 0 aliphatic rings. The summed E-state index contributed by atoms with van der Waals surface area (Å²) in [6, 6.07) is 1.65. The quantitative estimate of drug-likeness (QED) is 0.507. The maximum absolute atomic E-state index is 12.6. The molecule has 0 bridgehead atoms. The molecule has 0 amide bonds. The molecular formula is C19H23N5O3. The van der Waals surface area contributed by atoms with Crippen LogP contribution in [0, 0.1) is 6.92 Å². The lowest BCUT2D eigenvalue weighted by molar-refractivity contribution is 0.101. The van der Waals surface area contributed by atoms with Crippen molar-refractivity contribution >= 4 is 11.3 Å². The molecule has 8 nitrogen and oxygen atoms in total. The van der Waals surface area contributed by atoms with E-state index in [0.29, 0.717) is 52.9 Å². The molecule has 0 spiro atoms. The van der Waals surface area contributed by atoms with Crippen LogP contribution in [-0.2, 0) is 6.42 Å². The molecular weight excluding hydrogens is 346 g/mol. The van der Waals surface area contributed by atoms with Crippen molar-refractivity contribution in [1.29, 1.82) is 0 Å². The number of H-pyrrole nitrogens is 1. The van der Waals surface area contributed by atoms with E-state index in [-0.39, 0.29) is 11.3 Å². The van der Waals surface area contributed by atoms with Gasteiger partial charge < -0.3 is 9.72 Å². The van der Waals surface area contributed by atoms with Gasteiger partial charge in [-0.2, -0.15) is 0 Å². The maximum atomic E-state index is 12.6. The number of hydrogen-bond donors (Lipinski definition) is 1. The van der Waals surface area contributed by atoms with Crippen LogP contribution in [0.2, 0.25) is 0 Å². The Morgan fingerprint density at radius 1 is 1.33 bits per heavy atom. The molecule has 0 aliphatic heterocycles. The highest BCUT2D eigenvalue weighted by Crippen LogP contribution is 2.26. The standard InChI is InChI=1S/C19H23N5O3/c1-5-7-8-27-19-14(9-13(10-20-19)12(4)25)17-22-18(26)16-11(3)21-15(6-2)24(16)23-17/h9-10H,5-8H2,1-4H3,(H,22,23,26). The molecule has 0 radical (unpaired) electrons. The van der Waals surface area contributed by atoms with Gasteiger partial charge in [0.15, 0.2) is 17.1 Å². The number of pyridine rings is 1. The van der Waals surface area contributed by atoms with Gasteiger partial charge in [-0.05, 0) is 26.3 Å². The van der Waals surface area contributed by atoms with E-state index >= 15 is 0 Å². The molecule has 0 aromatic carbocycles. The van der Waals surface area contributed by atoms with Crippen LogP contribution < -0.4 is 10.3 Å². The van der Waals surface area contributed by atoms with E-state index < -0.39 is 0 Å². The van der Waals surface area contributed by atoms with Crippen LogP contribution in [0.3, 0.4) is 0 Å². The van der Waals surface area contributed by atoms with Crippen LogP contribution >= 0.6 is 0 Å². The normalized spacial score (nSPS) is 11.1. The topological polar surface area (TPSA) is 102 Å². The smallest absolute Gasteiger partial charge is 0.277 e. The lowest BCUT2D eigenvalue weighted by atomic mass is 10.1. The lowest BCUT2D eigenvalue weighted by Crippen LogP contribution is -2.16. The number of ketones is 1. The highest BCUT2D eigenvalue weighted by molar-refractivity contribution is 5.95. The molecule has 1 N–H and O–H groups in total. The van der Waals surface area contributed by atoms with Crippen LogP contribution in [0.4, 0.5) is 0 Å². The van der Waals surface area contributed by atoms with Crippen LogP contribution in [0.5, 0.6) is 5.88 Å². The van der Waals surface area contributed by atoms with Crippen LogP contribution in [0.1, 0.15) is 55.5 Å². The summed E-state index contributed by atoms with van der Waals surface area (Å²) < 4.78 is 7.33. The fourth-order valence-corrected chi connectivity index (χ4v) is 2.83. The molecule has 0 unspecified atom stereocenters. The first-order valence-corrected chi connectivity index (χ1v) is 9.08. The molecule has 0 fully saturated rings. The van der Waals surface area contributed by atoms with Crippen molar-refractivity contribution in [1.82, 2.24) is 24.6 Å². The number of unbranched alkanes of at least 4 members (excludes halogenated alkanes) is 1. The first-order chi connectivity index (χ1) is 13.0. The number of aromatic amines is 1. The number of carbonyl (C=O) groups excluding carboxylic acids is 1. The molecule has 142 valence electrons. The minimum Gasteiger partial charge on any atom is -0.477 e. The van der Waals surface area contributed by atoms with Crippen molar-refractivity contribution in [2.24, 2.45) is 0 Å².